The maximum atomic E-state index is 13.2. The Hall–Kier alpha value is -3.58. The average Bonchev–Trinajstić information content (AvgIpc) is 3.49. The quantitative estimate of drug-likeness (QED) is 0.580. The number of aryl methyl sites for hydroxylation is 1. The van der Waals surface area contributed by atoms with Crippen LogP contribution in [0.4, 0.5) is 0 Å². The first kappa shape index (κ1) is 20.7. The van der Waals surface area contributed by atoms with E-state index in [0.717, 1.165) is 11.1 Å². The lowest BCUT2D eigenvalue weighted by atomic mass is 9.94. The normalized spacial score (nSPS) is 17.6. The summed E-state index contributed by atoms with van der Waals surface area (Å²) < 4.78 is 10.8. The summed E-state index contributed by atoms with van der Waals surface area (Å²) in [5.41, 5.74) is 1.74. The molecule has 0 saturated carbocycles. The van der Waals surface area contributed by atoms with Crippen molar-refractivity contribution in [3.63, 3.8) is 0 Å². The van der Waals surface area contributed by atoms with Gasteiger partial charge >= 0.3 is 0 Å². The molecule has 160 valence electrons. The average molecular weight is 420 g/mol. The lowest BCUT2D eigenvalue weighted by molar-refractivity contribution is -0.130. The van der Waals surface area contributed by atoms with Gasteiger partial charge in [0, 0.05) is 6.54 Å². The summed E-state index contributed by atoms with van der Waals surface area (Å²) in [7, 11) is 3.77. The summed E-state index contributed by atoms with van der Waals surface area (Å²) in [6.45, 7) is 2.16. The van der Waals surface area contributed by atoms with Gasteiger partial charge in [-0.3, -0.25) is 14.5 Å². The molecule has 0 aliphatic carbocycles. The van der Waals surface area contributed by atoms with Crippen molar-refractivity contribution < 1.29 is 23.5 Å². The Morgan fingerprint density at radius 3 is 2.48 bits per heavy atom. The first-order valence-corrected chi connectivity index (χ1v) is 9.97. The molecule has 7 nitrogen and oxygen atoms in total. The monoisotopic (exact) mass is 420 g/mol. The number of amides is 1. The summed E-state index contributed by atoms with van der Waals surface area (Å²) in [6, 6.07) is 13.3. The minimum Gasteiger partial charge on any atom is -0.503 e. The number of aliphatic hydroxyl groups excluding tert-OH is 1. The van der Waals surface area contributed by atoms with Crippen LogP contribution in [0.2, 0.25) is 0 Å². The number of hydrogen-bond acceptors (Lipinski definition) is 6. The van der Waals surface area contributed by atoms with Crippen LogP contribution in [0.3, 0.4) is 0 Å². The van der Waals surface area contributed by atoms with Crippen LogP contribution in [0.25, 0.3) is 0 Å². The predicted molar refractivity (Wildman–Crippen MR) is 113 cm³/mol. The summed E-state index contributed by atoms with van der Waals surface area (Å²) in [5.74, 6) is -0.899. The number of benzene rings is 1. The number of hydrogen-bond donors (Lipinski definition) is 1. The van der Waals surface area contributed by atoms with E-state index in [1.54, 1.807) is 18.4 Å². The van der Waals surface area contributed by atoms with E-state index < -0.39 is 23.5 Å². The number of nitrogens with zero attached hydrogens (tertiary/aromatic N) is 2. The number of likely N-dealkylation sites (N-methyl/N-ethyl adjacent to an activating group) is 1. The Labute approximate surface area is 180 Å². The number of rotatable bonds is 7. The highest BCUT2D eigenvalue weighted by Gasteiger charge is 2.45. The Morgan fingerprint density at radius 2 is 1.87 bits per heavy atom. The maximum absolute atomic E-state index is 13.2. The molecule has 1 aliphatic rings. The van der Waals surface area contributed by atoms with Gasteiger partial charge in [0.05, 0.1) is 30.2 Å². The zero-order chi connectivity index (χ0) is 22.1. The second-order valence-electron chi connectivity index (χ2n) is 7.84. The molecule has 3 aromatic rings. The molecule has 4 rings (SSSR count). The molecule has 0 spiro atoms. The van der Waals surface area contributed by atoms with Crippen molar-refractivity contribution in [3.8, 4) is 0 Å². The van der Waals surface area contributed by atoms with Crippen molar-refractivity contribution in [2.24, 2.45) is 0 Å². The van der Waals surface area contributed by atoms with E-state index >= 15 is 0 Å². The van der Waals surface area contributed by atoms with Crippen molar-refractivity contribution in [3.05, 3.63) is 95.0 Å². The molecule has 1 aliphatic heterocycles. The minimum atomic E-state index is -0.748. The Balaban J connectivity index is 1.79. The molecule has 0 bridgehead atoms. The van der Waals surface area contributed by atoms with Gasteiger partial charge in [-0.05, 0) is 50.8 Å². The summed E-state index contributed by atoms with van der Waals surface area (Å²) in [4.78, 5) is 29.8. The second kappa shape index (κ2) is 8.28. The van der Waals surface area contributed by atoms with E-state index in [9.17, 15) is 14.7 Å². The van der Waals surface area contributed by atoms with Gasteiger partial charge in [-0.25, -0.2) is 0 Å². The van der Waals surface area contributed by atoms with E-state index in [0.29, 0.717) is 5.76 Å². The van der Waals surface area contributed by atoms with E-state index in [2.05, 4.69) is 0 Å². The number of carbonyl (C=O) groups is 2. The van der Waals surface area contributed by atoms with Gasteiger partial charge in [-0.15, -0.1) is 0 Å². The Morgan fingerprint density at radius 1 is 1.13 bits per heavy atom. The van der Waals surface area contributed by atoms with Crippen molar-refractivity contribution in [2.75, 3.05) is 20.6 Å². The van der Waals surface area contributed by atoms with E-state index in [4.69, 9.17) is 8.83 Å². The van der Waals surface area contributed by atoms with Crippen LogP contribution < -0.4 is 0 Å². The first-order valence-electron chi connectivity index (χ1n) is 9.97. The molecule has 1 amide bonds. The highest BCUT2D eigenvalue weighted by molar-refractivity contribution is 6.15. The van der Waals surface area contributed by atoms with Crippen molar-refractivity contribution in [1.29, 1.82) is 0 Å². The smallest absolute Gasteiger partial charge is 0.290 e. The molecule has 1 aromatic carbocycles. The molecule has 7 heteroatoms. The van der Waals surface area contributed by atoms with Crippen LogP contribution in [0, 0.1) is 6.92 Å². The number of aliphatic hydroxyl groups is 1. The third kappa shape index (κ3) is 3.80. The topological polar surface area (TPSA) is 87.1 Å². The van der Waals surface area contributed by atoms with Crippen LogP contribution in [-0.2, 0) is 4.79 Å². The zero-order valence-corrected chi connectivity index (χ0v) is 17.6. The SMILES string of the molecule is Cc1cccc(C2C(C(=O)c3ccco3)=C(O)C(=O)N2CC(c2ccco2)N(C)C)c1. The van der Waals surface area contributed by atoms with Crippen LogP contribution in [0.1, 0.15) is 39.5 Å². The van der Waals surface area contributed by atoms with Gasteiger partial charge in [0.1, 0.15) is 5.76 Å². The fraction of sp³-hybridized carbons (Fsp3) is 0.250. The minimum absolute atomic E-state index is 0.0162. The van der Waals surface area contributed by atoms with Gasteiger partial charge in [0.15, 0.2) is 11.5 Å². The fourth-order valence-corrected chi connectivity index (χ4v) is 3.98. The fourth-order valence-electron chi connectivity index (χ4n) is 3.98. The van der Waals surface area contributed by atoms with Gasteiger partial charge in [0.25, 0.3) is 5.91 Å². The predicted octanol–water partition coefficient (Wildman–Crippen LogP) is 4.06. The van der Waals surface area contributed by atoms with Crippen LogP contribution >= 0.6 is 0 Å². The standard InChI is InChI=1S/C24H24N2O5/c1-15-7-4-8-16(13-15)21-20(22(27)19-10-6-12-31-19)23(28)24(29)26(21)14-17(25(2)3)18-9-5-11-30-18/h4-13,17,21,28H,14H2,1-3H3. The number of Topliss-reactive ketones (excluding diaryl/α,β-unsaturated/α-hetero) is 1. The van der Waals surface area contributed by atoms with E-state index in [1.807, 2.05) is 56.3 Å². The third-order valence-corrected chi connectivity index (χ3v) is 5.52. The molecule has 31 heavy (non-hydrogen) atoms. The molecule has 3 heterocycles. The molecule has 2 aromatic heterocycles. The second-order valence-corrected chi connectivity index (χ2v) is 7.84. The van der Waals surface area contributed by atoms with Crippen LogP contribution in [0.15, 0.2) is 81.2 Å². The first-order chi connectivity index (χ1) is 14.9. The third-order valence-electron chi connectivity index (χ3n) is 5.52. The Kier molecular flexibility index (Phi) is 5.52. The molecule has 2 atom stereocenters. The molecule has 0 saturated heterocycles. The van der Waals surface area contributed by atoms with Crippen molar-refractivity contribution >= 4 is 11.7 Å². The van der Waals surface area contributed by atoms with Crippen molar-refractivity contribution in [1.82, 2.24) is 9.80 Å². The molecule has 2 unspecified atom stereocenters. The van der Waals surface area contributed by atoms with Crippen LogP contribution in [0.5, 0.6) is 0 Å². The van der Waals surface area contributed by atoms with Gasteiger partial charge in [-0.1, -0.05) is 29.8 Å². The van der Waals surface area contributed by atoms with E-state index in [-0.39, 0.29) is 23.9 Å². The van der Waals surface area contributed by atoms with Crippen molar-refractivity contribution in [2.45, 2.75) is 19.0 Å². The summed E-state index contributed by atoms with van der Waals surface area (Å²) in [5, 5.41) is 10.8. The lowest BCUT2D eigenvalue weighted by Gasteiger charge is -2.32. The number of ketones is 1. The summed E-state index contributed by atoms with van der Waals surface area (Å²) in [6.07, 6.45) is 2.97. The molecular weight excluding hydrogens is 396 g/mol. The van der Waals surface area contributed by atoms with Gasteiger partial charge in [-0.2, -0.15) is 0 Å². The maximum Gasteiger partial charge on any atom is 0.290 e. The lowest BCUT2D eigenvalue weighted by Crippen LogP contribution is -2.38. The van der Waals surface area contributed by atoms with Crippen LogP contribution in [-0.4, -0.2) is 47.2 Å². The molecule has 0 fully saturated rings. The highest BCUT2D eigenvalue weighted by atomic mass is 16.3. The van der Waals surface area contributed by atoms with E-state index in [1.165, 1.54) is 17.2 Å². The summed E-state index contributed by atoms with van der Waals surface area (Å²) >= 11 is 0. The van der Waals surface area contributed by atoms with Gasteiger partial charge in [0.2, 0.25) is 5.78 Å². The largest absolute Gasteiger partial charge is 0.503 e. The molecule has 1 N–H and O–H groups in total. The molecule has 0 radical (unpaired) electrons. The van der Waals surface area contributed by atoms with Gasteiger partial charge < -0.3 is 18.8 Å². The Bertz CT molecular complexity index is 1110. The number of furan rings is 2. The number of carbonyl (C=O) groups excluding carboxylic acids is 2. The zero-order valence-electron chi connectivity index (χ0n) is 17.6. The molecular formula is C24H24N2O5. The highest BCUT2D eigenvalue weighted by Crippen LogP contribution is 2.40.